The Hall–Kier alpha value is -2.59. The number of nitrogens with two attached hydrogens (primary N) is 1. The van der Waals surface area contributed by atoms with Gasteiger partial charge in [0.2, 0.25) is 17.7 Å². The molecule has 0 radical (unpaired) electrons. The number of aliphatic carboxylic acids is 1. The summed E-state index contributed by atoms with van der Waals surface area (Å²) < 4.78 is 0. The molecule has 0 saturated carbocycles. The van der Waals surface area contributed by atoms with E-state index in [4.69, 9.17) is 10.8 Å². The van der Waals surface area contributed by atoms with E-state index >= 15 is 0 Å². The van der Waals surface area contributed by atoms with Gasteiger partial charge in [0.25, 0.3) is 0 Å². The predicted molar refractivity (Wildman–Crippen MR) is 111 cm³/mol. The molecule has 0 spiro atoms. The van der Waals surface area contributed by atoms with E-state index in [1.165, 1.54) is 0 Å². The second-order valence-corrected chi connectivity index (χ2v) is 7.25. The van der Waals surface area contributed by atoms with Crippen LogP contribution in [0.3, 0.4) is 0 Å². The largest absolute Gasteiger partial charge is 0.480 e. The van der Waals surface area contributed by atoms with Gasteiger partial charge in [0.05, 0.1) is 6.04 Å². The van der Waals surface area contributed by atoms with Crippen LogP contribution in [0, 0.1) is 5.92 Å². The summed E-state index contributed by atoms with van der Waals surface area (Å²) in [6.07, 6.45) is 0.305. The molecule has 0 saturated heterocycles. The summed E-state index contributed by atoms with van der Waals surface area (Å²) in [5.74, 6) is -3.24. The van der Waals surface area contributed by atoms with Crippen molar-refractivity contribution in [1.82, 2.24) is 16.0 Å². The molecule has 0 fully saturated rings. The Morgan fingerprint density at radius 2 is 1.66 bits per heavy atom. The fourth-order valence-corrected chi connectivity index (χ4v) is 2.75. The zero-order valence-electron chi connectivity index (χ0n) is 16.4. The van der Waals surface area contributed by atoms with Crippen molar-refractivity contribution in [1.29, 1.82) is 0 Å². The summed E-state index contributed by atoms with van der Waals surface area (Å²) in [5.41, 5.74) is 6.82. The van der Waals surface area contributed by atoms with E-state index < -0.39 is 48.4 Å². The van der Waals surface area contributed by atoms with Gasteiger partial charge >= 0.3 is 5.97 Å². The second-order valence-electron chi connectivity index (χ2n) is 6.88. The molecule has 0 bridgehead atoms. The van der Waals surface area contributed by atoms with Gasteiger partial charge in [-0.2, -0.15) is 12.6 Å². The topological polar surface area (TPSA) is 151 Å². The molecule has 3 unspecified atom stereocenters. The Balaban J connectivity index is 2.69. The maximum Gasteiger partial charge on any atom is 0.322 e. The van der Waals surface area contributed by atoms with Gasteiger partial charge in [0.15, 0.2) is 0 Å². The highest BCUT2D eigenvalue weighted by Crippen LogP contribution is 2.05. The van der Waals surface area contributed by atoms with Crippen molar-refractivity contribution in [2.75, 3.05) is 12.3 Å². The molecule has 10 heteroatoms. The van der Waals surface area contributed by atoms with Crippen molar-refractivity contribution in [2.45, 2.75) is 38.4 Å². The van der Waals surface area contributed by atoms with E-state index in [0.29, 0.717) is 6.42 Å². The minimum Gasteiger partial charge on any atom is -0.480 e. The van der Waals surface area contributed by atoms with Crippen LogP contribution in [0.1, 0.15) is 19.4 Å². The SMILES string of the molecule is CC(C)C(NC(=O)C(CS)NC(=O)C(N)Cc1ccccc1)C(=O)NCC(=O)O. The number of carbonyl (C=O) groups excluding carboxylic acids is 3. The van der Waals surface area contributed by atoms with Crippen LogP contribution in [0.4, 0.5) is 0 Å². The van der Waals surface area contributed by atoms with Crippen LogP contribution in [-0.4, -0.2) is 59.2 Å². The molecule has 9 nitrogen and oxygen atoms in total. The maximum atomic E-state index is 12.5. The first-order valence-electron chi connectivity index (χ1n) is 9.16. The molecule has 0 aromatic heterocycles. The molecule has 0 heterocycles. The predicted octanol–water partition coefficient (Wildman–Crippen LogP) is -0.687. The summed E-state index contributed by atoms with van der Waals surface area (Å²) in [6, 6.07) is 6.41. The number of benzene rings is 1. The molecule has 1 aromatic rings. The average molecular weight is 425 g/mol. The van der Waals surface area contributed by atoms with Crippen LogP contribution >= 0.6 is 12.6 Å². The van der Waals surface area contributed by atoms with Gasteiger partial charge in [0.1, 0.15) is 18.6 Å². The summed E-state index contributed by atoms with van der Waals surface area (Å²) in [6.45, 7) is 2.85. The third-order valence-corrected chi connectivity index (χ3v) is 4.48. The molecule has 0 aliphatic heterocycles. The van der Waals surface area contributed by atoms with Crippen LogP contribution < -0.4 is 21.7 Å². The normalized spacial score (nSPS) is 13.8. The van der Waals surface area contributed by atoms with Gasteiger partial charge in [-0.1, -0.05) is 44.2 Å². The lowest BCUT2D eigenvalue weighted by Gasteiger charge is -2.25. The number of hydrogen-bond donors (Lipinski definition) is 6. The van der Waals surface area contributed by atoms with Crippen LogP contribution in [0.25, 0.3) is 0 Å². The zero-order chi connectivity index (χ0) is 22.0. The van der Waals surface area contributed by atoms with E-state index in [9.17, 15) is 19.2 Å². The number of carboxylic acid groups (broad SMARTS) is 1. The van der Waals surface area contributed by atoms with Crippen LogP contribution in [0.5, 0.6) is 0 Å². The van der Waals surface area contributed by atoms with Gasteiger partial charge in [-0.3, -0.25) is 19.2 Å². The molecule has 6 N–H and O–H groups in total. The third-order valence-electron chi connectivity index (χ3n) is 4.11. The highest BCUT2D eigenvalue weighted by Gasteiger charge is 2.29. The van der Waals surface area contributed by atoms with Gasteiger partial charge in [-0.15, -0.1) is 0 Å². The van der Waals surface area contributed by atoms with Crippen LogP contribution in [-0.2, 0) is 25.6 Å². The Morgan fingerprint density at radius 3 is 2.17 bits per heavy atom. The number of amides is 3. The fraction of sp³-hybridized carbons (Fsp3) is 0.474. The highest BCUT2D eigenvalue weighted by atomic mass is 32.1. The van der Waals surface area contributed by atoms with Gasteiger partial charge in [-0.05, 0) is 17.9 Å². The maximum absolute atomic E-state index is 12.5. The molecular weight excluding hydrogens is 396 g/mol. The quantitative estimate of drug-likeness (QED) is 0.259. The van der Waals surface area contributed by atoms with Gasteiger partial charge < -0.3 is 26.8 Å². The smallest absolute Gasteiger partial charge is 0.322 e. The minimum atomic E-state index is -1.19. The van der Waals surface area contributed by atoms with Crippen LogP contribution in [0.2, 0.25) is 0 Å². The lowest BCUT2D eigenvalue weighted by molar-refractivity contribution is -0.138. The standard InChI is InChI=1S/C19H28N4O5S/c1-11(2)16(19(28)21-9-15(24)25)23-18(27)14(10-29)22-17(26)13(20)8-12-6-4-3-5-7-12/h3-7,11,13-14,16,29H,8-10,20H2,1-2H3,(H,21,28)(H,22,26)(H,23,27)(H,24,25). The van der Waals surface area contributed by atoms with E-state index in [1.54, 1.807) is 13.8 Å². The molecule has 1 rings (SSSR count). The van der Waals surface area contributed by atoms with E-state index in [-0.39, 0.29) is 11.7 Å². The molecule has 3 atom stereocenters. The molecular formula is C19H28N4O5S. The highest BCUT2D eigenvalue weighted by molar-refractivity contribution is 7.80. The first kappa shape index (κ1) is 24.4. The Kier molecular flexibility index (Phi) is 10.2. The number of carboxylic acids is 1. The zero-order valence-corrected chi connectivity index (χ0v) is 17.3. The van der Waals surface area contributed by atoms with Crippen molar-refractivity contribution in [3.05, 3.63) is 35.9 Å². The monoisotopic (exact) mass is 424 g/mol. The van der Waals surface area contributed by atoms with E-state index in [0.717, 1.165) is 5.56 Å². The average Bonchev–Trinajstić information content (AvgIpc) is 2.68. The molecule has 0 aliphatic carbocycles. The molecule has 160 valence electrons. The Morgan fingerprint density at radius 1 is 1.03 bits per heavy atom. The fourth-order valence-electron chi connectivity index (χ4n) is 2.50. The number of carbonyl (C=O) groups is 4. The molecule has 29 heavy (non-hydrogen) atoms. The van der Waals surface area contributed by atoms with Crippen molar-refractivity contribution in [3.8, 4) is 0 Å². The first-order valence-corrected chi connectivity index (χ1v) is 9.79. The summed E-state index contributed by atoms with van der Waals surface area (Å²) in [5, 5.41) is 16.0. The summed E-state index contributed by atoms with van der Waals surface area (Å²) in [7, 11) is 0. The molecule has 0 aliphatic rings. The van der Waals surface area contributed by atoms with Crippen molar-refractivity contribution in [3.63, 3.8) is 0 Å². The lowest BCUT2D eigenvalue weighted by Crippen LogP contribution is -2.58. The number of nitrogens with one attached hydrogen (secondary N) is 3. The van der Waals surface area contributed by atoms with Crippen molar-refractivity contribution >= 4 is 36.3 Å². The van der Waals surface area contributed by atoms with Crippen LogP contribution in [0.15, 0.2) is 30.3 Å². The Bertz CT molecular complexity index is 714. The molecule has 3 amide bonds. The van der Waals surface area contributed by atoms with Crippen molar-refractivity contribution in [2.24, 2.45) is 11.7 Å². The minimum absolute atomic E-state index is 0.00279. The van der Waals surface area contributed by atoms with E-state index in [1.807, 2.05) is 30.3 Å². The summed E-state index contributed by atoms with van der Waals surface area (Å²) >= 11 is 4.10. The lowest BCUT2D eigenvalue weighted by atomic mass is 10.0. The van der Waals surface area contributed by atoms with Crippen molar-refractivity contribution < 1.29 is 24.3 Å². The summed E-state index contributed by atoms with van der Waals surface area (Å²) in [4.78, 5) is 47.7. The van der Waals surface area contributed by atoms with Gasteiger partial charge in [-0.25, -0.2) is 0 Å². The second kappa shape index (κ2) is 12.1. The van der Waals surface area contributed by atoms with E-state index in [2.05, 4.69) is 28.6 Å². The third kappa shape index (κ3) is 8.53. The number of thiol groups is 1. The Labute approximate surface area is 175 Å². The first-order chi connectivity index (χ1) is 13.6. The number of hydrogen-bond acceptors (Lipinski definition) is 6. The number of rotatable bonds is 11. The van der Waals surface area contributed by atoms with Gasteiger partial charge in [0, 0.05) is 5.75 Å². The molecule has 1 aromatic carbocycles.